The summed E-state index contributed by atoms with van der Waals surface area (Å²) in [4.78, 5) is 7.56. The Morgan fingerprint density at radius 2 is 1.46 bits per heavy atom. The molecular weight excluding hydrogens is 408 g/mol. The standard InChI is InChI=1S/C22H16BrClN2/c23-17-10-6-14(7-11-17)19-21-20(15-4-2-1-3-5-15)26(21)22(25-19)16-8-12-18(24)13-9-16/h1-13,20-22H/t20-,21+,22+,26?/m0/s1. The molecule has 1 unspecified atom stereocenters. The van der Waals surface area contributed by atoms with Gasteiger partial charge in [-0.1, -0.05) is 82.1 Å². The van der Waals surface area contributed by atoms with Crippen LogP contribution in [0.15, 0.2) is 88.3 Å². The number of nitrogens with zero attached hydrogens (tertiary/aromatic N) is 2. The first-order valence-corrected chi connectivity index (χ1v) is 9.81. The Hall–Kier alpha value is -1.94. The van der Waals surface area contributed by atoms with Crippen LogP contribution in [0.2, 0.25) is 5.02 Å². The topological polar surface area (TPSA) is 15.4 Å². The average Bonchev–Trinajstić information content (AvgIpc) is 3.29. The van der Waals surface area contributed by atoms with Gasteiger partial charge in [-0.05, 0) is 41.0 Å². The second kappa shape index (κ2) is 6.34. The van der Waals surface area contributed by atoms with Gasteiger partial charge < -0.3 is 0 Å². The Balaban J connectivity index is 1.56. The molecular formula is C22H16BrClN2. The third-order valence-electron chi connectivity index (χ3n) is 5.12. The molecule has 0 spiro atoms. The van der Waals surface area contributed by atoms with E-state index < -0.39 is 0 Å². The molecule has 0 aliphatic carbocycles. The molecule has 0 bridgehead atoms. The van der Waals surface area contributed by atoms with Gasteiger partial charge in [0.05, 0.1) is 17.8 Å². The van der Waals surface area contributed by atoms with Crippen LogP contribution < -0.4 is 0 Å². The van der Waals surface area contributed by atoms with Crippen molar-refractivity contribution in [3.05, 3.63) is 105 Å². The van der Waals surface area contributed by atoms with Crippen molar-refractivity contribution in [1.82, 2.24) is 4.90 Å². The lowest BCUT2D eigenvalue weighted by molar-refractivity contribution is 0.404. The van der Waals surface area contributed by atoms with E-state index in [9.17, 15) is 0 Å². The Bertz CT molecular complexity index is 967. The predicted molar refractivity (Wildman–Crippen MR) is 110 cm³/mol. The summed E-state index contributed by atoms with van der Waals surface area (Å²) in [5, 5.41) is 0.755. The minimum absolute atomic E-state index is 0.0427. The molecule has 5 rings (SSSR count). The van der Waals surface area contributed by atoms with Crippen molar-refractivity contribution < 1.29 is 0 Å². The van der Waals surface area contributed by atoms with Gasteiger partial charge in [0.1, 0.15) is 6.17 Å². The SMILES string of the molecule is Clc1ccc([C@@H]2N=C(c3ccc(Br)cc3)[C@@H]3[C@H](c4ccccc4)N32)cc1. The van der Waals surface area contributed by atoms with Crippen molar-refractivity contribution in [2.75, 3.05) is 0 Å². The Kier molecular flexibility index (Phi) is 3.96. The van der Waals surface area contributed by atoms with E-state index in [0.717, 1.165) is 9.50 Å². The highest BCUT2D eigenvalue weighted by Gasteiger charge is 2.59. The van der Waals surface area contributed by atoms with Crippen LogP contribution in [0.3, 0.4) is 0 Å². The zero-order valence-electron chi connectivity index (χ0n) is 13.9. The number of halogens is 2. The molecule has 2 nitrogen and oxygen atoms in total. The minimum atomic E-state index is 0.0427. The second-order valence-corrected chi connectivity index (χ2v) is 8.05. The summed E-state index contributed by atoms with van der Waals surface area (Å²) in [5.74, 6) is 0. The van der Waals surface area contributed by atoms with Crippen molar-refractivity contribution in [3.63, 3.8) is 0 Å². The summed E-state index contributed by atoms with van der Waals surface area (Å²) in [6, 6.07) is 27.9. The van der Waals surface area contributed by atoms with Crippen LogP contribution in [0, 0.1) is 0 Å². The lowest BCUT2D eigenvalue weighted by Crippen LogP contribution is -2.08. The summed E-state index contributed by atoms with van der Waals surface area (Å²) in [6.45, 7) is 0. The van der Waals surface area contributed by atoms with Gasteiger partial charge in [0.25, 0.3) is 0 Å². The van der Waals surface area contributed by atoms with Crippen LogP contribution in [0.5, 0.6) is 0 Å². The van der Waals surface area contributed by atoms with E-state index in [4.69, 9.17) is 16.6 Å². The molecule has 1 fully saturated rings. The first-order valence-electron chi connectivity index (χ1n) is 8.64. The summed E-state index contributed by atoms with van der Waals surface area (Å²) in [5.41, 5.74) is 4.90. The number of fused-ring (bicyclic) bond motifs is 1. The van der Waals surface area contributed by atoms with Gasteiger partial charge in [0.2, 0.25) is 0 Å². The van der Waals surface area contributed by atoms with E-state index in [1.165, 1.54) is 22.4 Å². The number of hydrogen-bond acceptors (Lipinski definition) is 2. The van der Waals surface area contributed by atoms with E-state index in [1.54, 1.807) is 0 Å². The number of rotatable bonds is 3. The summed E-state index contributed by atoms with van der Waals surface area (Å²) < 4.78 is 1.08. The van der Waals surface area contributed by atoms with Crippen molar-refractivity contribution in [1.29, 1.82) is 0 Å². The normalized spacial score (nSPS) is 26.3. The van der Waals surface area contributed by atoms with Crippen LogP contribution in [-0.2, 0) is 0 Å². The van der Waals surface area contributed by atoms with Gasteiger partial charge in [-0.2, -0.15) is 0 Å². The molecule has 0 N–H and O–H groups in total. The van der Waals surface area contributed by atoms with Crippen molar-refractivity contribution in [2.24, 2.45) is 4.99 Å². The van der Waals surface area contributed by atoms with Crippen molar-refractivity contribution >= 4 is 33.2 Å². The highest BCUT2D eigenvalue weighted by atomic mass is 79.9. The van der Waals surface area contributed by atoms with Crippen LogP contribution in [-0.4, -0.2) is 16.7 Å². The molecule has 1 saturated heterocycles. The lowest BCUT2D eigenvalue weighted by Gasteiger charge is -2.14. The van der Waals surface area contributed by atoms with Gasteiger partial charge in [-0.15, -0.1) is 0 Å². The van der Waals surface area contributed by atoms with Gasteiger partial charge >= 0.3 is 0 Å². The van der Waals surface area contributed by atoms with Gasteiger partial charge in [-0.3, -0.25) is 9.89 Å². The smallest absolute Gasteiger partial charge is 0.129 e. The summed E-state index contributed by atoms with van der Waals surface area (Å²) in [6.07, 6.45) is 0.0427. The van der Waals surface area contributed by atoms with E-state index >= 15 is 0 Å². The molecule has 2 heterocycles. The minimum Gasteiger partial charge on any atom is -0.263 e. The molecule has 4 heteroatoms. The second-order valence-electron chi connectivity index (χ2n) is 6.69. The first-order chi connectivity index (χ1) is 12.7. The molecule has 0 radical (unpaired) electrons. The summed E-state index contributed by atoms with van der Waals surface area (Å²) in [7, 11) is 0. The zero-order valence-corrected chi connectivity index (χ0v) is 16.2. The van der Waals surface area contributed by atoms with E-state index in [2.05, 4.69) is 87.6 Å². The Morgan fingerprint density at radius 1 is 0.769 bits per heavy atom. The lowest BCUT2D eigenvalue weighted by atomic mass is 10.0. The first kappa shape index (κ1) is 16.2. The van der Waals surface area contributed by atoms with E-state index in [-0.39, 0.29) is 6.17 Å². The van der Waals surface area contributed by atoms with Gasteiger partial charge in [0.15, 0.2) is 0 Å². The fourth-order valence-corrected chi connectivity index (χ4v) is 4.26. The molecule has 0 aromatic heterocycles. The zero-order chi connectivity index (χ0) is 17.7. The fraction of sp³-hybridized carbons (Fsp3) is 0.136. The predicted octanol–water partition coefficient (Wildman–Crippen LogP) is 6.03. The molecule has 3 aromatic rings. The maximum Gasteiger partial charge on any atom is 0.129 e. The van der Waals surface area contributed by atoms with Crippen LogP contribution >= 0.6 is 27.5 Å². The third-order valence-corrected chi connectivity index (χ3v) is 5.91. The molecule has 4 atom stereocenters. The quantitative estimate of drug-likeness (QED) is 0.470. The monoisotopic (exact) mass is 422 g/mol. The molecule has 26 heavy (non-hydrogen) atoms. The van der Waals surface area contributed by atoms with Crippen molar-refractivity contribution in [2.45, 2.75) is 18.2 Å². The molecule has 0 amide bonds. The maximum atomic E-state index is 6.08. The highest BCUT2D eigenvalue weighted by molar-refractivity contribution is 9.10. The number of benzene rings is 3. The van der Waals surface area contributed by atoms with Gasteiger partial charge in [-0.25, -0.2) is 0 Å². The Labute approximate surface area is 166 Å². The molecule has 2 aliphatic heterocycles. The molecule has 2 aliphatic rings. The number of aliphatic imine (C=N–C) groups is 1. The Morgan fingerprint density at radius 3 is 2.15 bits per heavy atom. The molecule has 128 valence electrons. The largest absolute Gasteiger partial charge is 0.263 e. The van der Waals surface area contributed by atoms with Gasteiger partial charge in [0, 0.05) is 9.50 Å². The van der Waals surface area contributed by atoms with Crippen molar-refractivity contribution in [3.8, 4) is 0 Å². The highest BCUT2D eigenvalue weighted by Crippen LogP contribution is 2.55. The number of hydrogen-bond donors (Lipinski definition) is 0. The van der Waals surface area contributed by atoms with Crippen LogP contribution in [0.4, 0.5) is 0 Å². The van der Waals surface area contributed by atoms with Crippen LogP contribution in [0.25, 0.3) is 0 Å². The van der Waals surface area contributed by atoms with Crippen LogP contribution in [0.1, 0.15) is 28.9 Å². The summed E-state index contributed by atoms with van der Waals surface area (Å²) >= 11 is 9.60. The maximum absolute atomic E-state index is 6.08. The third kappa shape index (κ3) is 2.71. The van der Waals surface area contributed by atoms with E-state index in [0.29, 0.717) is 12.1 Å². The molecule has 3 aromatic carbocycles. The molecule has 0 saturated carbocycles. The van der Waals surface area contributed by atoms with E-state index in [1.807, 2.05) is 12.1 Å². The average molecular weight is 424 g/mol. The fourth-order valence-electron chi connectivity index (χ4n) is 3.87.